The van der Waals surface area contributed by atoms with Crippen LogP contribution in [-0.4, -0.2) is 82.9 Å². The molecule has 4 heterocycles. The van der Waals surface area contributed by atoms with Gasteiger partial charge in [0.1, 0.15) is 0 Å². The molecule has 4 aliphatic rings. The molecular formula is C19H33N3O4S. The van der Waals surface area contributed by atoms with Gasteiger partial charge >= 0.3 is 0 Å². The first-order valence-corrected chi connectivity index (χ1v) is 12.3. The van der Waals surface area contributed by atoms with Gasteiger partial charge in [0.05, 0.1) is 17.6 Å². The van der Waals surface area contributed by atoms with Gasteiger partial charge in [-0.2, -0.15) is 0 Å². The molecule has 7 nitrogen and oxygen atoms in total. The molecule has 1 spiro atoms. The largest absolute Gasteiger partial charge is 0.381 e. The maximum atomic E-state index is 11.7. The Morgan fingerprint density at radius 2 is 2.04 bits per heavy atom. The smallest absolute Gasteiger partial charge is 0.194 e. The minimum atomic E-state index is -2.85. The molecule has 2 atom stereocenters. The molecule has 0 aromatic carbocycles. The fraction of sp³-hybridized carbons (Fsp3) is 0.947. The van der Waals surface area contributed by atoms with Crippen molar-refractivity contribution in [2.24, 2.45) is 16.3 Å². The zero-order valence-corrected chi connectivity index (χ0v) is 17.0. The summed E-state index contributed by atoms with van der Waals surface area (Å²) in [5, 5.41) is 3.54. The molecule has 4 fully saturated rings. The highest BCUT2D eigenvalue weighted by atomic mass is 32.2. The van der Waals surface area contributed by atoms with Crippen molar-refractivity contribution in [1.29, 1.82) is 0 Å². The molecule has 27 heavy (non-hydrogen) atoms. The van der Waals surface area contributed by atoms with Gasteiger partial charge in [-0.15, -0.1) is 0 Å². The number of aliphatic imine (C=N–C) groups is 1. The van der Waals surface area contributed by atoms with Gasteiger partial charge < -0.3 is 19.7 Å². The lowest BCUT2D eigenvalue weighted by molar-refractivity contribution is 0.0217. The maximum Gasteiger partial charge on any atom is 0.194 e. The molecule has 154 valence electrons. The summed E-state index contributed by atoms with van der Waals surface area (Å²) in [6.45, 7) is 6.00. The maximum absolute atomic E-state index is 11.7. The molecule has 0 aromatic heterocycles. The average Bonchev–Trinajstić information content (AvgIpc) is 3.37. The van der Waals surface area contributed by atoms with Crippen LogP contribution in [0.3, 0.4) is 0 Å². The van der Waals surface area contributed by atoms with E-state index >= 15 is 0 Å². The lowest BCUT2D eigenvalue weighted by Crippen LogP contribution is -2.45. The minimum Gasteiger partial charge on any atom is -0.381 e. The second kappa shape index (κ2) is 8.25. The van der Waals surface area contributed by atoms with E-state index in [1.807, 2.05) is 0 Å². The lowest BCUT2D eigenvalue weighted by Gasteiger charge is -2.33. The molecule has 1 N–H and O–H groups in total. The highest BCUT2D eigenvalue weighted by Crippen LogP contribution is 2.39. The Hall–Kier alpha value is -0.860. The van der Waals surface area contributed by atoms with E-state index in [4.69, 9.17) is 14.5 Å². The molecule has 8 heteroatoms. The van der Waals surface area contributed by atoms with Gasteiger partial charge in [-0.1, -0.05) is 0 Å². The highest BCUT2D eigenvalue weighted by molar-refractivity contribution is 7.91. The summed E-state index contributed by atoms with van der Waals surface area (Å²) in [5.74, 6) is 1.71. The fourth-order valence-corrected chi connectivity index (χ4v) is 6.69. The Kier molecular flexibility index (Phi) is 5.94. The number of likely N-dealkylation sites (tertiary alicyclic amines) is 1. The van der Waals surface area contributed by atoms with Crippen LogP contribution in [0.25, 0.3) is 0 Å². The number of hydrogen-bond donors (Lipinski definition) is 1. The van der Waals surface area contributed by atoms with Crippen molar-refractivity contribution in [3.05, 3.63) is 0 Å². The number of nitrogens with one attached hydrogen (secondary N) is 1. The number of nitrogens with zero attached hydrogens (tertiary/aromatic N) is 2. The molecule has 0 aliphatic carbocycles. The van der Waals surface area contributed by atoms with Crippen LogP contribution in [0.4, 0.5) is 0 Å². The van der Waals surface area contributed by atoms with E-state index in [-0.39, 0.29) is 17.8 Å². The highest BCUT2D eigenvalue weighted by Gasteiger charge is 2.40. The van der Waals surface area contributed by atoms with Gasteiger partial charge in [0.25, 0.3) is 0 Å². The quantitative estimate of drug-likeness (QED) is 0.562. The van der Waals surface area contributed by atoms with E-state index in [0.29, 0.717) is 17.7 Å². The van der Waals surface area contributed by atoms with Gasteiger partial charge in [-0.25, -0.2) is 8.42 Å². The normalized spacial score (nSPS) is 33.0. The summed E-state index contributed by atoms with van der Waals surface area (Å²) in [4.78, 5) is 7.25. The second-order valence-corrected chi connectivity index (χ2v) is 11.0. The predicted molar refractivity (Wildman–Crippen MR) is 105 cm³/mol. The summed E-state index contributed by atoms with van der Waals surface area (Å²) in [7, 11) is -2.85. The molecule has 2 unspecified atom stereocenters. The second-order valence-electron chi connectivity index (χ2n) is 8.73. The summed E-state index contributed by atoms with van der Waals surface area (Å²) < 4.78 is 34.8. The number of guanidine groups is 1. The zero-order chi connectivity index (χ0) is 18.7. The molecule has 4 rings (SSSR count). The third-order valence-corrected chi connectivity index (χ3v) is 8.47. The van der Waals surface area contributed by atoms with Crippen LogP contribution < -0.4 is 5.32 Å². The first-order valence-electron chi connectivity index (χ1n) is 10.5. The SMILES string of the molecule is O=S1(=O)CCC(CN=C(NCC2CCCO2)N2CCC3(CCOCC3)C2)C1. The van der Waals surface area contributed by atoms with E-state index in [2.05, 4.69) is 10.2 Å². The first-order chi connectivity index (χ1) is 13.0. The molecular weight excluding hydrogens is 366 g/mol. The van der Waals surface area contributed by atoms with Crippen LogP contribution in [-0.2, 0) is 19.3 Å². The monoisotopic (exact) mass is 399 g/mol. The molecule has 0 radical (unpaired) electrons. The van der Waals surface area contributed by atoms with Crippen molar-refractivity contribution in [2.75, 3.05) is 57.5 Å². The number of ether oxygens (including phenoxy) is 2. The van der Waals surface area contributed by atoms with Crippen LogP contribution in [0, 0.1) is 11.3 Å². The summed E-state index contributed by atoms with van der Waals surface area (Å²) in [5.41, 5.74) is 0.362. The van der Waals surface area contributed by atoms with Crippen LogP contribution in [0.1, 0.15) is 38.5 Å². The Labute approximate surface area is 162 Å². The topological polar surface area (TPSA) is 80.2 Å². The average molecular weight is 400 g/mol. The first kappa shape index (κ1) is 19.5. The van der Waals surface area contributed by atoms with Crippen LogP contribution in [0.5, 0.6) is 0 Å². The Bertz CT molecular complexity index is 639. The summed E-state index contributed by atoms with van der Waals surface area (Å²) in [6.07, 6.45) is 6.68. The van der Waals surface area contributed by atoms with Crippen molar-refractivity contribution in [1.82, 2.24) is 10.2 Å². The third-order valence-electron chi connectivity index (χ3n) is 6.63. The minimum absolute atomic E-state index is 0.161. The molecule has 0 aromatic rings. The van der Waals surface area contributed by atoms with Crippen molar-refractivity contribution in [2.45, 2.75) is 44.6 Å². The van der Waals surface area contributed by atoms with E-state index in [0.717, 1.165) is 77.5 Å². The number of sulfone groups is 1. The third kappa shape index (κ3) is 4.95. The van der Waals surface area contributed by atoms with E-state index in [1.165, 1.54) is 6.42 Å². The van der Waals surface area contributed by atoms with Crippen LogP contribution in [0.15, 0.2) is 4.99 Å². The van der Waals surface area contributed by atoms with E-state index in [9.17, 15) is 8.42 Å². The fourth-order valence-electron chi connectivity index (χ4n) is 4.84. The van der Waals surface area contributed by atoms with Crippen molar-refractivity contribution in [3.8, 4) is 0 Å². The van der Waals surface area contributed by atoms with Gasteiger partial charge in [0.2, 0.25) is 0 Å². The predicted octanol–water partition coefficient (Wildman–Crippen LogP) is 1.05. The molecule has 0 amide bonds. The molecule has 4 aliphatic heterocycles. The standard InChI is InChI=1S/C19H33N3O4S/c23-27(24)11-3-16(14-27)12-20-18(21-13-17-2-1-8-26-17)22-7-4-19(15-22)5-9-25-10-6-19/h16-17H,1-15H2,(H,20,21). The van der Waals surface area contributed by atoms with Crippen LogP contribution >= 0.6 is 0 Å². The van der Waals surface area contributed by atoms with E-state index in [1.54, 1.807) is 0 Å². The zero-order valence-electron chi connectivity index (χ0n) is 16.2. The summed E-state index contributed by atoms with van der Waals surface area (Å²) >= 11 is 0. The molecule has 4 saturated heterocycles. The Morgan fingerprint density at radius 1 is 1.19 bits per heavy atom. The van der Waals surface area contributed by atoms with Gasteiger partial charge in [0.15, 0.2) is 15.8 Å². The van der Waals surface area contributed by atoms with Crippen LogP contribution in [0.2, 0.25) is 0 Å². The lowest BCUT2D eigenvalue weighted by atomic mass is 9.80. The Balaban J connectivity index is 1.40. The van der Waals surface area contributed by atoms with Crippen molar-refractivity contribution >= 4 is 15.8 Å². The molecule has 0 bridgehead atoms. The van der Waals surface area contributed by atoms with Crippen molar-refractivity contribution < 1.29 is 17.9 Å². The van der Waals surface area contributed by atoms with Gasteiger partial charge in [-0.05, 0) is 49.9 Å². The van der Waals surface area contributed by atoms with Gasteiger partial charge in [-0.3, -0.25) is 4.99 Å². The van der Waals surface area contributed by atoms with E-state index < -0.39 is 9.84 Å². The number of rotatable bonds is 4. The Morgan fingerprint density at radius 3 is 2.74 bits per heavy atom. The van der Waals surface area contributed by atoms with Crippen molar-refractivity contribution in [3.63, 3.8) is 0 Å². The number of hydrogen-bond acceptors (Lipinski definition) is 5. The van der Waals surface area contributed by atoms with Gasteiger partial charge in [0, 0.05) is 46.0 Å². The molecule has 0 saturated carbocycles. The summed E-state index contributed by atoms with van der Waals surface area (Å²) in [6, 6.07) is 0.